The molecule has 0 aromatic heterocycles. The number of nitrogens with one attached hydrogen (secondary N) is 1. The molecule has 1 aromatic rings. The summed E-state index contributed by atoms with van der Waals surface area (Å²) in [4.78, 5) is 36.7. The maximum Gasteiger partial charge on any atom is 0.352 e. The SMILES string of the molecule is O=C(O)C1=C(CO)C(NC(=O)C(O)c2cccc(Cl)c2)S[C@@H]2CC(=O)N12. The topological polar surface area (TPSA) is 127 Å². The number of carboxylic acid groups (broad SMARTS) is 1. The summed E-state index contributed by atoms with van der Waals surface area (Å²) in [6, 6.07) is 6.16. The van der Waals surface area contributed by atoms with Crippen molar-refractivity contribution in [3.05, 3.63) is 46.1 Å². The molecular weight excluding hydrogens is 384 g/mol. The third-order valence-electron chi connectivity index (χ3n) is 4.12. The number of amides is 2. The molecule has 2 unspecified atom stereocenters. The first-order chi connectivity index (χ1) is 12.3. The Kier molecular flexibility index (Phi) is 5.24. The molecule has 0 aliphatic carbocycles. The number of carbonyl (C=O) groups excluding carboxylic acids is 2. The number of aliphatic hydroxyl groups excluding tert-OH is 2. The van der Waals surface area contributed by atoms with Gasteiger partial charge in [-0.15, -0.1) is 11.8 Å². The lowest BCUT2D eigenvalue weighted by molar-refractivity contribution is -0.146. The van der Waals surface area contributed by atoms with Gasteiger partial charge in [-0.1, -0.05) is 23.7 Å². The number of halogens is 1. The van der Waals surface area contributed by atoms with Crippen LogP contribution in [0.25, 0.3) is 0 Å². The number of fused-ring (bicyclic) bond motifs is 1. The predicted molar refractivity (Wildman–Crippen MR) is 92.9 cm³/mol. The maximum atomic E-state index is 12.4. The first-order valence-corrected chi connectivity index (χ1v) is 8.94. The number of carboxylic acids is 1. The van der Waals surface area contributed by atoms with Gasteiger partial charge in [-0.25, -0.2) is 4.79 Å². The second kappa shape index (κ2) is 7.28. The molecule has 8 nitrogen and oxygen atoms in total. The lowest BCUT2D eigenvalue weighted by Gasteiger charge is -2.46. The largest absolute Gasteiger partial charge is 0.477 e. The summed E-state index contributed by atoms with van der Waals surface area (Å²) in [5.41, 5.74) is -0.0438. The average molecular weight is 399 g/mol. The van der Waals surface area contributed by atoms with Crippen LogP contribution in [-0.4, -0.2) is 55.4 Å². The van der Waals surface area contributed by atoms with Crippen LogP contribution < -0.4 is 5.32 Å². The summed E-state index contributed by atoms with van der Waals surface area (Å²) in [6.07, 6.45) is -1.37. The van der Waals surface area contributed by atoms with Gasteiger partial charge in [-0.2, -0.15) is 0 Å². The highest BCUT2D eigenvalue weighted by Gasteiger charge is 2.48. The minimum atomic E-state index is -1.51. The Morgan fingerprint density at radius 2 is 2.15 bits per heavy atom. The standard InChI is InChI=1S/C16H15ClN2O6S/c17-8-3-1-2-7(4-8)13(22)14(23)18-15-9(6-20)12(16(24)25)19-10(21)5-11(19)26-15/h1-4,11,13,15,20,22H,5-6H2,(H,18,23)(H,24,25)/t11-,13?,15?/m1/s1. The van der Waals surface area contributed by atoms with Crippen LogP contribution in [-0.2, 0) is 14.4 Å². The van der Waals surface area contributed by atoms with Crippen molar-refractivity contribution in [2.45, 2.75) is 23.3 Å². The van der Waals surface area contributed by atoms with Crippen LogP contribution in [0, 0.1) is 0 Å². The van der Waals surface area contributed by atoms with Gasteiger partial charge in [0.1, 0.15) is 11.1 Å². The molecular formula is C16H15ClN2O6S. The predicted octanol–water partition coefficient (Wildman–Crippen LogP) is 0.452. The van der Waals surface area contributed by atoms with E-state index in [1.54, 1.807) is 12.1 Å². The first-order valence-electron chi connectivity index (χ1n) is 7.62. The van der Waals surface area contributed by atoms with E-state index in [4.69, 9.17) is 11.6 Å². The molecule has 0 bridgehead atoms. The lowest BCUT2D eigenvalue weighted by Crippen LogP contribution is -2.57. The van der Waals surface area contributed by atoms with E-state index < -0.39 is 35.3 Å². The normalized spacial score (nSPS) is 23.2. The Morgan fingerprint density at radius 3 is 2.73 bits per heavy atom. The number of hydrogen-bond acceptors (Lipinski definition) is 6. The zero-order valence-electron chi connectivity index (χ0n) is 13.3. The fraction of sp³-hybridized carbons (Fsp3) is 0.312. The lowest BCUT2D eigenvalue weighted by atomic mass is 10.1. The summed E-state index contributed by atoms with van der Waals surface area (Å²) in [7, 11) is 0. The summed E-state index contributed by atoms with van der Waals surface area (Å²) in [6.45, 7) is -0.649. The Bertz CT molecular complexity index is 814. The van der Waals surface area contributed by atoms with E-state index in [2.05, 4.69) is 5.32 Å². The monoisotopic (exact) mass is 398 g/mol. The van der Waals surface area contributed by atoms with E-state index in [0.717, 1.165) is 16.7 Å². The molecule has 26 heavy (non-hydrogen) atoms. The van der Waals surface area contributed by atoms with Crippen LogP contribution in [0.5, 0.6) is 0 Å². The molecule has 10 heteroatoms. The number of aliphatic hydroxyl groups is 2. The van der Waals surface area contributed by atoms with Gasteiger partial charge in [0.25, 0.3) is 5.91 Å². The minimum absolute atomic E-state index is 0.00144. The van der Waals surface area contributed by atoms with Crippen molar-refractivity contribution in [3.63, 3.8) is 0 Å². The summed E-state index contributed by atoms with van der Waals surface area (Å²) in [5, 5.41) is 30.8. The van der Waals surface area contributed by atoms with Gasteiger partial charge < -0.3 is 20.6 Å². The maximum absolute atomic E-state index is 12.4. The van der Waals surface area contributed by atoms with Gasteiger partial charge in [-0.3, -0.25) is 14.5 Å². The Morgan fingerprint density at radius 1 is 1.42 bits per heavy atom. The summed E-state index contributed by atoms with van der Waals surface area (Å²) >= 11 is 6.99. The van der Waals surface area contributed by atoms with Crippen molar-refractivity contribution in [1.29, 1.82) is 0 Å². The fourth-order valence-electron chi connectivity index (χ4n) is 2.84. The smallest absolute Gasteiger partial charge is 0.352 e. The molecule has 1 aromatic carbocycles. The zero-order chi connectivity index (χ0) is 19.0. The third-order valence-corrected chi connectivity index (χ3v) is 5.72. The number of rotatable bonds is 5. The van der Waals surface area contributed by atoms with E-state index in [1.165, 1.54) is 12.1 Å². The highest BCUT2D eigenvalue weighted by Crippen LogP contribution is 2.43. The minimum Gasteiger partial charge on any atom is -0.477 e. The van der Waals surface area contributed by atoms with Crippen molar-refractivity contribution >= 4 is 41.1 Å². The molecule has 3 atom stereocenters. The summed E-state index contributed by atoms with van der Waals surface area (Å²) in [5.74, 6) is -2.48. The Labute approximate surface area is 157 Å². The number of β-lactam (4-membered cyclic amide) rings is 1. The van der Waals surface area contributed by atoms with Crippen LogP contribution in [0.1, 0.15) is 18.1 Å². The number of carbonyl (C=O) groups is 3. The molecule has 1 saturated heterocycles. The molecule has 138 valence electrons. The van der Waals surface area contributed by atoms with Crippen LogP contribution in [0.4, 0.5) is 0 Å². The second-order valence-corrected chi connectivity index (χ2v) is 7.47. The van der Waals surface area contributed by atoms with Gasteiger partial charge in [0, 0.05) is 10.6 Å². The van der Waals surface area contributed by atoms with Crippen LogP contribution in [0.15, 0.2) is 35.5 Å². The van der Waals surface area contributed by atoms with E-state index in [9.17, 15) is 29.7 Å². The molecule has 0 radical (unpaired) electrons. The number of aliphatic carboxylic acids is 1. The molecule has 1 fully saturated rings. The third kappa shape index (κ3) is 3.30. The second-order valence-electron chi connectivity index (χ2n) is 5.74. The van der Waals surface area contributed by atoms with Crippen molar-refractivity contribution in [2.75, 3.05) is 6.61 Å². The van der Waals surface area contributed by atoms with Crippen LogP contribution in [0.3, 0.4) is 0 Å². The Balaban J connectivity index is 1.84. The first kappa shape index (κ1) is 18.7. The highest BCUT2D eigenvalue weighted by molar-refractivity contribution is 8.00. The van der Waals surface area contributed by atoms with Crippen LogP contribution in [0.2, 0.25) is 5.02 Å². The van der Waals surface area contributed by atoms with Crippen molar-refractivity contribution in [3.8, 4) is 0 Å². The number of hydrogen-bond donors (Lipinski definition) is 4. The number of benzene rings is 1. The molecule has 0 spiro atoms. The van der Waals surface area contributed by atoms with E-state index in [0.29, 0.717) is 5.02 Å². The van der Waals surface area contributed by atoms with Gasteiger partial charge >= 0.3 is 5.97 Å². The van der Waals surface area contributed by atoms with Crippen molar-refractivity contribution < 1.29 is 29.7 Å². The van der Waals surface area contributed by atoms with Crippen LogP contribution >= 0.6 is 23.4 Å². The molecule has 2 aliphatic heterocycles. The van der Waals surface area contributed by atoms with Gasteiger partial charge in [0.15, 0.2) is 6.10 Å². The molecule has 0 saturated carbocycles. The number of thioether (sulfide) groups is 1. The fourth-order valence-corrected chi connectivity index (χ4v) is 4.47. The summed E-state index contributed by atoms with van der Waals surface area (Å²) < 4.78 is 0. The van der Waals surface area contributed by atoms with Gasteiger partial charge in [0.05, 0.1) is 18.4 Å². The van der Waals surface area contributed by atoms with E-state index in [-0.39, 0.29) is 29.2 Å². The molecule has 2 aliphatic rings. The molecule has 2 heterocycles. The van der Waals surface area contributed by atoms with Gasteiger partial charge in [0.2, 0.25) is 5.91 Å². The Hall–Kier alpha value is -2.07. The quantitative estimate of drug-likeness (QED) is 0.530. The van der Waals surface area contributed by atoms with E-state index in [1.807, 2.05) is 0 Å². The highest BCUT2D eigenvalue weighted by atomic mass is 35.5. The van der Waals surface area contributed by atoms with Crippen molar-refractivity contribution in [1.82, 2.24) is 10.2 Å². The van der Waals surface area contributed by atoms with E-state index >= 15 is 0 Å². The zero-order valence-corrected chi connectivity index (χ0v) is 14.8. The average Bonchev–Trinajstić information content (AvgIpc) is 2.59. The van der Waals surface area contributed by atoms with Gasteiger partial charge in [-0.05, 0) is 17.7 Å². The molecule has 2 amide bonds. The number of nitrogens with zero attached hydrogens (tertiary/aromatic N) is 1. The molecule has 3 rings (SSSR count). The molecule has 4 N–H and O–H groups in total. The van der Waals surface area contributed by atoms with Crippen molar-refractivity contribution in [2.24, 2.45) is 0 Å².